The molecule has 1 amide bonds. The van der Waals surface area contributed by atoms with Gasteiger partial charge in [0.15, 0.2) is 12.6 Å². The molecule has 12 heteroatoms. The van der Waals surface area contributed by atoms with Gasteiger partial charge in [0.25, 0.3) is 0 Å². The molecule has 0 bridgehead atoms. The first kappa shape index (κ1) is 29.3. The molecule has 2 heterocycles. The largest absolute Gasteiger partial charge is 0.394 e. The monoisotopic (exact) mass is 495 g/mol. The summed E-state index contributed by atoms with van der Waals surface area (Å²) in [6, 6.07) is -1.04. The van der Waals surface area contributed by atoms with Crippen molar-refractivity contribution in [3.63, 3.8) is 0 Å². The highest BCUT2D eigenvalue weighted by molar-refractivity contribution is 5.73. The maximum Gasteiger partial charge on any atom is 0.217 e. The molecule has 2 aliphatic rings. The SMILES string of the molecule is CCCCCCCCO[C@H]1OC(CO)[C@H](O)C(O[C@@H]2OC(CO)[C@H](O)C(O)C2O)C1NC(C)=O. The fourth-order valence-corrected chi connectivity index (χ4v) is 4.18. The highest BCUT2D eigenvalue weighted by atomic mass is 16.7. The predicted octanol–water partition coefficient (Wildman–Crippen LogP) is -1.87. The van der Waals surface area contributed by atoms with Gasteiger partial charge in [-0.1, -0.05) is 39.0 Å². The molecule has 0 radical (unpaired) electrons. The van der Waals surface area contributed by atoms with E-state index >= 15 is 0 Å². The Labute approximate surface area is 199 Å². The van der Waals surface area contributed by atoms with Crippen molar-refractivity contribution in [3.05, 3.63) is 0 Å². The zero-order chi connectivity index (χ0) is 25.3. The molecule has 0 spiro atoms. The molecule has 0 aromatic carbocycles. The molecule has 34 heavy (non-hydrogen) atoms. The summed E-state index contributed by atoms with van der Waals surface area (Å²) in [7, 11) is 0. The summed E-state index contributed by atoms with van der Waals surface area (Å²) in [5.74, 6) is -0.459. The van der Waals surface area contributed by atoms with Crippen molar-refractivity contribution >= 4 is 5.91 Å². The van der Waals surface area contributed by atoms with Crippen molar-refractivity contribution in [2.45, 2.75) is 114 Å². The Morgan fingerprint density at radius 2 is 1.41 bits per heavy atom. The van der Waals surface area contributed by atoms with Crippen LogP contribution in [0, 0.1) is 0 Å². The summed E-state index contributed by atoms with van der Waals surface area (Å²) in [4.78, 5) is 11.9. The molecule has 0 aromatic rings. The normalized spacial score (nSPS) is 38.6. The topological polar surface area (TPSA) is 187 Å². The van der Waals surface area contributed by atoms with E-state index in [1.807, 2.05) is 0 Å². The Morgan fingerprint density at radius 3 is 2.03 bits per heavy atom. The number of nitrogens with one attached hydrogen (secondary N) is 1. The smallest absolute Gasteiger partial charge is 0.217 e. The third-order valence-corrected chi connectivity index (χ3v) is 6.14. The minimum atomic E-state index is -1.71. The van der Waals surface area contributed by atoms with Gasteiger partial charge in [-0.3, -0.25) is 4.79 Å². The van der Waals surface area contributed by atoms with Crippen LogP contribution >= 0.6 is 0 Å². The van der Waals surface area contributed by atoms with E-state index in [1.54, 1.807) is 0 Å². The molecule has 10 atom stereocenters. The number of rotatable bonds is 13. The summed E-state index contributed by atoms with van der Waals surface area (Å²) in [6.07, 6.45) is -6.43. The van der Waals surface area contributed by atoms with Crippen molar-refractivity contribution in [1.29, 1.82) is 0 Å². The van der Waals surface area contributed by atoms with E-state index in [9.17, 15) is 35.4 Å². The van der Waals surface area contributed by atoms with E-state index in [2.05, 4.69) is 12.2 Å². The number of hydrogen-bond acceptors (Lipinski definition) is 11. The second-order valence-corrected chi connectivity index (χ2v) is 8.88. The molecule has 200 valence electrons. The van der Waals surface area contributed by atoms with Gasteiger partial charge in [-0.2, -0.15) is 0 Å². The molecule has 2 fully saturated rings. The average molecular weight is 496 g/mol. The Balaban J connectivity index is 2.12. The minimum absolute atomic E-state index is 0.313. The second kappa shape index (κ2) is 14.6. The first-order chi connectivity index (χ1) is 16.2. The van der Waals surface area contributed by atoms with Gasteiger partial charge < -0.3 is 54.9 Å². The van der Waals surface area contributed by atoms with Gasteiger partial charge in [-0.15, -0.1) is 0 Å². The number of aliphatic hydroxyl groups is 6. The molecule has 6 unspecified atom stereocenters. The van der Waals surface area contributed by atoms with E-state index in [4.69, 9.17) is 18.9 Å². The fourth-order valence-electron chi connectivity index (χ4n) is 4.18. The van der Waals surface area contributed by atoms with Gasteiger partial charge in [0.1, 0.15) is 48.8 Å². The standard InChI is InChI=1S/C22H41NO11/c1-3-4-5-6-7-8-9-31-21-15(23-12(2)26)20(17(28)14(11-25)32-21)34-22-19(30)18(29)16(27)13(10-24)33-22/h13-22,24-25,27-30H,3-11H2,1-2H3,(H,23,26)/t13?,14?,15?,16-,17-,18?,19?,20?,21-,22-/m0/s1. The van der Waals surface area contributed by atoms with Gasteiger partial charge in [-0.05, 0) is 6.42 Å². The number of carbonyl (C=O) groups excluding carboxylic acids is 1. The Bertz CT molecular complexity index is 595. The van der Waals surface area contributed by atoms with Crippen LogP contribution in [0.15, 0.2) is 0 Å². The van der Waals surface area contributed by atoms with Crippen molar-refractivity contribution in [2.24, 2.45) is 0 Å². The summed E-state index contributed by atoms with van der Waals surface area (Å²) in [5.41, 5.74) is 0. The van der Waals surface area contributed by atoms with Gasteiger partial charge in [-0.25, -0.2) is 0 Å². The molecular weight excluding hydrogens is 454 g/mol. The number of unbranched alkanes of at least 4 members (excludes halogenated alkanes) is 5. The molecule has 0 aliphatic carbocycles. The third kappa shape index (κ3) is 7.79. The molecule has 2 saturated heterocycles. The lowest BCUT2D eigenvalue weighted by molar-refractivity contribution is -0.344. The summed E-state index contributed by atoms with van der Waals surface area (Å²) < 4.78 is 22.7. The van der Waals surface area contributed by atoms with Gasteiger partial charge in [0.2, 0.25) is 5.91 Å². The summed E-state index contributed by atoms with van der Waals surface area (Å²) in [6.45, 7) is 2.49. The number of amides is 1. The number of hydrogen-bond donors (Lipinski definition) is 7. The van der Waals surface area contributed by atoms with Crippen LogP contribution in [-0.2, 0) is 23.7 Å². The first-order valence-electron chi connectivity index (χ1n) is 12.0. The maximum absolute atomic E-state index is 11.9. The van der Waals surface area contributed by atoms with E-state index in [0.717, 1.165) is 32.1 Å². The van der Waals surface area contributed by atoms with E-state index < -0.39 is 80.5 Å². The van der Waals surface area contributed by atoms with E-state index in [0.29, 0.717) is 6.61 Å². The second-order valence-electron chi connectivity index (χ2n) is 8.88. The first-order valence-corrected chi connectivity index (χ1v) is 12.0. The van der Waals surface area contributed by atoms with Crippen LogP contribution in [0.4, 0.5) is 0 Å². The fraction of sp³-hybridized carbons (Fsp3) is 0.955. The molecule has 0 aromatic heterocycles. The zero-order valence-electron chi connectivity index (χ0n) is 19.9. The van der Waals surface area contributed by atoms with Crippen molar-refractivity contribution in [2.75, 3.05) is 19.8 Å². The number of ether oxygens (including phenoxy) is 4. The van der Waals surface area contributed by atoms with E-state index in [1.165, 1.54) is 13.3 Å². The van der Waals surface area contributed by atoms with Gasteiger partial charge >= 0.3 is 0 Å². The highest BCUT2D eigenvalue weighted by Gasteiger charge is 2.51. The number of aliphatic hydroxyl groups excluding tert-OH is 6. The van der Waals surface area contributed by atoms with Gasteiger partial charge in [0, 0.05) is 13.5 Å². The molecule has 12 nitrogen and oxygen atoms in total. The van der Waals surface area contributed by atoms with Crippen LogP contribution in [-0.4, -0.2) is 118 Å². The Morgan fingerprint density at radius 1 is 0.824 bits per heavy atom. The summed E-state index contributed by atoms with van der Waals surface area (Å²) in [5, 5.41) is 62.9. The van der Waals surface area contributed by atoms with Crippen LogP contribution in [0.1, 0.15) is 52.4 Å². The molecule has 2 rings (SSSR count). The lowest BCUT2D eigenvalue weighted by atomic mass is 9.95. The predicted molar refractivity (Wildman–Crippen MR) is 117 cm³/mol. The third-order valence-electron chi connectivity index (χ3n) is 6.14. The average Bonchev–Trinajstić information content (AvgIpc) is 2.81. The molecular formula is C22H41NO11. The van der Waals surface area contributed by atoms with Crippen molar-refractivity contribution in [1.82, 2.24) is 5.32 Å². The van der Waals surface area contributed by atoms with E-state index in [-0.39, 0.29) is 0 Å². The highest BCUT2D eigenvalue weighted by Crippen LogP contribution is 2.29. The molecule has 0 saturated carbocycles. The lowest BCUT2D eigenvalue weighted by Crippen LogP contribution is -2.68. The van der Waals surface area contributed by atoms with Crippen molar-refractivity contribution in [3.8, 4) is 0 Å². The van der Waals surface area contributed by atoms with Crippen LogP contribution in [0.2, 0.25) is 0 Å². The van der Waals surface area contributed by atoms with Crippen molar-refractivity contribution < 1.29 is 54.4 Å². The lowest BCUT2D eigenvalue weighted by Gasteiger charge is -2.47. The van der Waals surface area contributed by atoms with Crippen LogP contribution < -0.4 is 5.32 Å². The molecule has 7 N–H and O–H groups in total. The van der Waals surface area contributed by atoms with Gasteiger partial charge in [0.05, 0.1) is 13.2 Å². The Kier molecular flexibility index (Phi) is 12.6. The Hall–Kier alpha value is -0.930. The van der Waals surface area contributed by atoms with Crippen LogP contribution in [0.3, 0.4) is 0 Å². The molecule has 2 aliphatic heterocycles. The maximum atomic E-state index is 11.9. The summed E-state index contributed by atoms with van der Waals surface area (Å²) >= 11 is 0. The van der Waals surface area contributed by atoms with Crippen LogP contribution in [0.5, 0.6) is 0 Å². The minimum Gasteiger partial charge on any atom is -0.394 e. The zero-order valence-corrected chi connectivity index (χ0v) is 19.9. The van der Waals surface area contributed by atoms with Crippen LogP contribution in [0.25, 0.3) is 0 Å². The quantitative estimate of drug-likeness (QED) is 0.142. The number of carbonyl (C=O) groups is 1.